The molecular weight excluding hydrogens is 344 g/mol. The first-order valence-corrected chi connectivity index (χ1v) is 8.80. The lowest BCUT2D eigenvalue weighted by Crippen LogP contribution is -2.37. The number of aromatic nitrogens is 1. The Morgan fingerprint density at radius 1 is 1.11 bits per heavy atom. The van der Waals surface area contributed by atoms with Crippen molar-refractivity contribution >= 4 is 11.8 Å². The van der Waals surface area contributed by atoms with Gasteiger partial charge in [0, 0.05) is 17.3 Å². The molecule has 0 spiro atoms. The lowest BCUT2D eigenvalue weighted by atomic mass is 10.1. The maximum atomic E-state index is 13.0. The van der Waals surface area contributed by atoms with Gasteiger partial charge in [0.25, 0.3) is 0 Å². The minimum Gasteiger partial charge on any atom is -0.496 e. The van der Waals surface area contributed by atoms with Crippen LogP contribution in [0.3, 0.4) is 0 Å². The van der Waals surface area contributed by atoms with Gasteiger partial charge in [-0.3, -0.25) is 9.88 Å². The fraction of sp³-hybridized carbons (Fsp3) is 0.429. The van der Waals surface area contributed by atoms with Gasteiger partial charge < -0.3 is 14.2 Å². The number of methoxy groups -OCH3 is 2. The zero-order valence-electron chi connectivity index (χ0n) is 17.1. The van der Waals surface area contributed by atoms with E-state index in [4.69, 9.17) is 14.2 Å². The number of carbonyl (C=O) groups is 1. The smallest absolute Gasteiger partial charge is 0.415 e. The first-order chi connectivity index (χ1) is 12.7. The largest absolute Gasteiger partial charge is 0.496 e. The molecule has 146 valence electrons. The molecule has 0 radical (unpaired) electrons. The number of hydrogen-bond donors (Lipinski definition) is 0. The topological polar surface area (TPSA) is 60.9 Å². The lowest BCUT2D eigenvalue weighted by Gasteiger charge is -2.28. The van der Waals surface area contributed by atoms with Gasteiger partial charge in [0.2, 0.25) is 0 Å². The molecule has 0 aliphatic carbocycles. The Kier molecular flexibility index (Phi) is 6.31. The average Bonchev–Trinajstić information content (AvgIpc) is 2.60. The number of para-hydroxylation sites is 2. The van der Waals surface area contributed by atoms with Gasteiger partial charge in [-0.05, 0) is 46.8 Å². The van der Waals surface area contributed by atoms with Crippen LogP contribution in [0.2, 0.25) is 0 Å². The van der Waals surface area contributed by atoms with Gasteiger partial charge in [0.05, 0.1) is 32.1 Å². The summed E-state index contributed by atoms with van der Waals surface area (Å²) in [7, 11) is 3.20. The number of benzene rings is 1. The Balaban J connectivity index is 2.49. The number of nitrogens with zero attached hydrogens (tertiary/aromatic N) is 2. The Bertz CT molecular complexity index is 812. The second kappa shape index (κ2) is 8.29. The third-order valence-corrected chi connectivity index (χ3v) is 4.05. The van der Waals surface area contributed by atoms with Crippen molar-refractivity contribution in [2.24, 2.45) is 0 Å². The normalized spacial score (nSPS) is 11.1. The standard InChI is InChI=1S/C21H28N2O4/c1-14-12-22-16(15(2)19(14)26-7)13-23(20(24)27-21(3,4)5)17-10-8-9-11-18(17)25-6/h8-12H,13H2,1-7H3. The predicted octanol–water partition coefficient (Wildman–Crippen LogP) is 4.66. The fourth-order valence-electron chi connectivity index (χ4n) is 2.80. The number of hydrogen-bond acceptors (Lipinski definition) is 5. The second-order valence-electron chi connectivity index (χ2n) is 7.28. The maximum absolute atomic E-state index is 13.0. The van der Waals surface area contributed by atoms with Crippen LogP contribution < -0.4 is 14.4 Å². The number of aryl methyl sites for hydroxylation is 1. The van der Waals surface area contributed by atoms with Crippen LogP contribution in [0, 0.1) is 13.8 Å². The van der Waals surface area contributed by atoms with Gasteiger partial charge in [0.15, 0.2) is 0 Å². The molecule has 0 N–H and O–H groups in total. The number of pyridine rings is 1. The van der Waals surface area contributed by atoms with Crippen molar-refractivity contribution in [3.8, 4) is 11.5 Å². The van der Waals surface area contributed by atoms with E-state index in [1.165, 1.54) is 4.90 Å². The van der Waals surface area contributed by atoms with E-state index in [0.29, 0.717) is 11.4 Å². The summed E-state index contributed by atoms with van der Waals surface area (Å²) in [6.07, 6.45) is 1.28. The van der Waals surface area contributed by atoms with Crippen LogP contribution in [0.5, 0.6) is 11.5 Å². The fourth-order valence-corrected chi connectivity index (χ4v) is 2.80. The molecule has 0 unspecified atom stereocenters. The predicted molar refractivity (Wildman–Crippen MR) is 106 cm³/mol. The van der Waals surface area contributed by atoms with Crippen molar-refractivity contribution in [1.82, 2.24) is 4.98 Å². The van der Waals surface area contributed by atoms with E-state index >= 15 is 0 Å². The van der Waals surface area contributed by atoms with E-state index in [0.717, 1.165) is 22.6 Å². The van der Waals surface area contributed by atoms with Gasteiger partial charge in [-0.15, -0.1) is 0 Å². The quantitative estimate of drug-likeness (QED) is 0.764. The molecule has 1 amide bonds. The van der Waals surface area contributed by atoms with Crippen molar-refractivity contribution in [2.45, 2.75) is 46.8 Å². The van der Waals surface area contributed by atoms with Gasteiger partial charge in [-0.25, -0.2) is 4.79 Å². The SMILES string of the molecule is COc1ccccc1N(Cc1ncc(C)c(OC)c1C)C(=O)OC(C)(C)C. The number of anilines is 1. The molecule has 27 heavy (non-hydrogen) atoms. The molecule has 0 aliphatic rings. The van der Waals surface area contributed by atoms with Crippen LogP contribution in [0.1, 0.15) is 37.6 Å². The summed E-state index contributed by atoms with van der Waals surface area (Å²) >= 11 is 0. The van der Waals surface area contributed by atoms with Crippen LogP contribution >= 0.6 is 0 Å². The summed E-state index contributed by atoms with van der Waals surface area (Å²) in [5.41, 5.74) is 2.56. The number of amides is 1. The van der Waals surface area contributed by atoms with Gasteiger partial charge in [-0.2, -0.15) is 0 Å². The molecule has 2 aromatic rings. The first-order valence-electron chi connectivity index (χ1n) is 8.80. The van der Waals surface area contributed by atoms with Crippen molar-refractivity contribution < 1.29 is 19.0 Å². The monoisotopic (exact) mass is 372 g/mol. The molecule has 1 aromatic heterocycles. The van der Waals surface area contributed by atoms with Crippen LogP contribution in [0.15, 0.2) is 30.5 Å². The lowest BCUT2D eigenvalue weighted by molar-refractivity contribution is 0.0576. The second-order valence-corrected chi connectivity index (χ2v) is 7.28. The molecule has 1 aromatic carbocycles. The van der Waals surface area contributed by atoms with Crippen molar-refractivity contribution in [3.63, 3.8) is 0 Å². The van der Waals surface area contributed by atoms with Crippen LogP contribution in [-0.4, -0.2) is 30.9 Å². The van der Waals surface area contributed by atoms with Crippen LogP contribution in [0.25, 0.3) is 0 Å². The molecule has 0 bridgehead atoms. The van der Waals surface area contributed by atoms with E-state index in [1.54, 1.807) is 20.4 Å². The highest BCUT2D eigenvalue weighted by atomic mass is 16.6. The van der Waals surface area contributed by atoms with E-state index in [9.17, 15) is 4.79 Å². The molecule has 0 saturated heterocycles. The zero-order chi connectivity index (χ0) is 20.2. The Hall–Kier alpha value is -2.76. The highest BCUT2D eigenvalue weighted by Crippen LogP contribution is 2.32. The highest BCUT2D eigenvalue weighted by molar-refractivity contribution is 5.89. The molecule has 1 heterocycles. The van der Waals surface area contributed by atoms with E-state index in [-0.39, 0.29) is 6.54 Å². The third kappa shape index (κ3) is 4.90. The van der Waals surface area contributed by atoms with E-state index in [2.05, 4.69) is 4.98 Å². The number of ether oxygens (including phenoxy) is 3. The maximum Gasteiger partial charge on any atom is 0.415 e. The van der Waals surface area contributed by atoms with E-state index in [1.807, 2.05) is 58.9 Å². The molecule has 0 fully saturated rings. The molecule has 0 atom stereocenters. The molecule has 6 nitrogen and oxygen atoms in total. The molecule has 0 saturated carbocycles. The molecular formula is C21H28N2O4. The highest BCUT2D eigenvalue weighted by Gasteiger charge is 2.27. The zero-order valence-corrected chi connectivity index (χ0v) is 17.1. The van der Waals surface area contributed by atoms with E-state index < -0.39 is 11.7 Å². The number of carbonyl (C=O) groups excluding carboxylic acids is 1. The Morgan fingerprint density at radius 2 is 1.78 bits per heavy atom. The Morgan fingerprint density at radius 3 is 2.37 bits per heavy atom. The Labute approximate surface area is 161 Å². The summed E-state index contributed by atoms with van der Waals surface area (Å²) < 4.78 is 16.6. The molecule has 6 heteroatoms. The first kappa shape index (κ1) is 20.6. The third-order valence-electron chi connectivity index (χ3n) is 4.05. The van der Waals surface area contributed by atoms with Crippen molar-refractivity contribution in [1.29, 1.82) is 0 Å². The van der Waals surface area contributed by atoms with Crippen LogP contribution in [-0.2, 0) is 11.3 Å². The summed E-state index contributed by atoms with van der Waals surface area (Å²) in [4.78, 5) is 19.0. The minimum absolute atomic E-state index is 0.234. The summed E-state index contributed by atoms with van der Waals surface area (Å²) in [5, 5.41) is 0. The molecule has 2 rings (SSSR count). The molecule has 0 aliphatic heterocycles. The van der Waals surface area contributed by atoms with Gasteiger partial charge >= 0.3 is 6.09 Å². The van der Waals surface area contributed by atoms with Crippen molar-refractivity contribution in [2.75, 3.05) is 19.1 Å². The minimum atomic E-state index is -0.620. The summed E-state index contributed by atoms with van der Waals surface area (Å²) in [6, 6.07) is 7.34. The number of rotatable bonds is 5. The van der Waals surface area contributed by atoms with Crippen LogP contribution in [0.4, 0.5) is 10.5 Å². The average molecular weight is 372 g/mol. The summed E-state index contributed by atoms with van der Waals surface area (Å²) in [5.74, 6) is 1.35. The summed E-state index contributed by atoms with van der Waals surface area (Å²) in [6.45, 7) is 9.62. The van der Waals surface area contributed by atoms with Gasteiger partial charge in [-0.1, -0.05) is 12.1 Å². The van der Waals surface area contributed by atoms with Gasteiger partial charge in [0.1, 0.15) is 17.1 Å². The van der Waals surface area contributed by atoms with Crippen molar-refractivity contribution in [3.05, 3.63) is 47.3 Å².